The Morgan fingerprint density at radius 1 is 1.26 bits per heavy atom. The van der Waals surface area contributed by atoms with Gasteiger partial charge in [-0.3, -0.25) is 9.45 Å². The smallest absolute Gasteiger partial charge is 0.294 e. The van der Waals surface area contributed by atoms with Gasteiger partial charge < -0.3 is 4.74 Å². The largest absolute Gasteiger partial charge is 0.497 e. The second-order valence-electron chi connectivity index (χ2n) is 8.17. The predicted molar refractivity (Wildman–Crippen MR) is 120 cm³/mol. The highest BCUT2D eigenvalue weighted by Gasteiger charge is 2.30. The molecule has 1 aliphatic rings. The van der Waals surface area contributed by atoms with Crippen molar-refractivity contribution in [3.05, 3.63) is 59.2 Å². The van der Waals surface area contributed by atoms with Crippen LogP contribution in [0.4, 0.5) is 0 Å². The molecule has 1 saturated heterocycles. The van der Waals surface area contributed by atoms with Crippen molar-refractivity contribution in [1.82, 2.24) is 4.90 Å². The highest BCUT2D eigenvalue weighted by Crippen LogP contribution is 2.32. The third kappa shape index (κ3) is 5.85. The average Bonchev–Trinajstić information content (AvgIpc) is 2.75. The molecule has 1 fully saturated rings. The van der Waals surface area contributed by atoms with Crippen LogP contribution in [0.25, 0.3) is 0 Å². The van der Waals surface area contributed by atoms with Gasteiger partial charge in [0.05, 0.1) is 18.1 Å². The van der Waals surface area contributed by atoms with Crippen molar-refractivity contribution >= 4 is 10.1 Å². The number of piperidine rings is 1. The summed E-state index contributed by atoms with van der Waals surface area (Å²) in [6.07, 6.45) is 5.41. The first-order valence-electron chi connectivity index (χ1n) is 10.7. The van der Waals surface area contributed by atoms with Gasteiger partial charge in [0.15, 0.2) is 0 Å². The van der Waals surface area contributed by atoms with E-state index in [1.165, 1.54) is 6.07 Å². The molecule has 1 aliphatic heterocycles. The molecule has 2 atom stereocenters. The highest BCUT2D eigenvalue weighted by atomic mass is 32.2. The number of methoxy groups -OCH3 is 1. The summed E-state index contributed by atoms with van der Waals surface area (Å²) in [5, 5.41) is 9.95. The van der Waals surface area contributed by atoms with E-state index in [1.807, 2.05) is 37.3 Å². The van der Waals surface area contributed by atoms with Crippen LogP contribution in [0.1, 0.15) is 54.8 Å². The predicted octanol–water partition coefficient (Wildman–Crippen LogP) is 4.69. The van der Waals surface area contributed by atoms with Gasteiger partial charge in [-0.2, -0.15) is 13.7 Å². The molecule has 6 nitrogen and oxygen atoms in total. The van der Waals surface area contributed by atoms with E-state index < -0.39 is 10.1 Å². The summed E-state index contributed by atoms with van der Waals surface area (Å²) in [4.78, 5) is 2.27. The zero-order valence-electron chi connectivity index (χ0n) is 18.1. The Bertz CT molecular complexity index is 1050. The maximum absolute atomic E-state index is 11.7. The van der Waals surface area contributed by atoms with Gasteiger partial charge >= 0.3 is 0 Å². The molecule has 7 heteroatoms. The summed E-state index contributed by atoms with van der Waals surface area (Å²) in [5.41, 5.74) is 2.54. The van der Waals surface area contributed by atoms with Crippen molar-refractivity contribution in [1.29, 1.82) is 5.26 Å². The van der Waals surface area contributed by atoms with Crippen LogP contribution in [0, 0.1) is 18.3 Å². The highest BCUT2D eigenvalue weighted by molar-refractivity contribution is 7.85. The van der Waals surface area contributed by atoms with E-state index in [2.05, 4.69) is 11.0 Å². The molecular formula is C24H30N2O4S. The second-order valence-corrected chi connectivity index (χ2v) is 9.56. The van der Waals surface area contributed by atoms with Crippen molar-refractivity contribution in [2.75, 3.05) is 13.7 Å². The van der Waals surface area contributed by atoms with E-state index in [4.69, 9.17) is 4.74 Å². The van der Waals surface area contributed by atoms with Crippen molar-refractivity contribution in [3.63, 3.8) is 0 Å². The number of likely N-dealkylation sites (tertiary alicyclic amines) is 1. The number of nitrogens with zero attached hydrogens (tertiary/aromatic N) is 2. The Hall–Kier alpha value is -2.40. The topological polar surface area (TPSA) is 90.6 Å². The molecule has 0 spiro atoms. The van der Waals surface area contributed by atoms with Gasteiger partial charge in [-0.15, -0.1) is 0 Å². The van der Waals surface area contributed by atoms with Gasteiger partial charge in [-0.25, -0.2) is 0 Å². The van der Waals surface area contributed by atoms with Crippen LogP contribution in [0.3, 0.4) is 0 Å². The number of nitriles is 1. The molecule has 3 rings (SSSR count). The number of ether oxygens (including phenoxy) is 1. The second kappa shape index (κ2) is 10.3. The minimum absolute atomic E-state index is 0.00937. The third-order valence-corrected chi connectivity index (χ3v) is 6.97. The van der Waals surface area contributed by atoms with Crippen molar-refractivity contribution < 1.29 is 17.7 Å². The molecule has 2 aromatic rings. The van der Waals surface area contributed by atoms with Gasteiger partial charge in [0.2, 0.25) is 0 Å². The molecule has 2 aromatic carbocycles. The van der Waals surface area contributed by atoms with Gasteiger partial charge in [-0.05, 0) is 68.4 Å². The minimum Gasteiger partial charge on any atom is -0.497 e. The molecule has 0 aliphatic carbocycles. The lowest BCUT2D eigenvalue weighted by Gasteiger charge is -2.39. The van der Waals surface area contributed by atoms with Crippen LogP contribution in [0.2, 0.25) is 0 Å². The van der Waals surface area contributed by atoms with Gasteiger partial charge in [0, 0.05) is 12.6 Å². The fourth-order valence-corrected chi connectivity index (χ4v) is 5.24. The third-order valence-electron chi connectivity index (χ3n) is 6.01. The normalized spacial score (nSPS) is 18.3. The summed E-state index contributed by atoms with van der Waals surface area (Å²) in [5.74, 6) is 0.739. The Labute approximate surface area is 185 Å². The zero-order valence-corrected chi connectivity index (χ0v) is 18.9. The fraction of sp³-hybridized carbons (Fsp3) is 0.458. The number of rotatable bonds is 8. The van der Waals surface area contributed by atoms with Crippen LogP contribution in [0.15, 0.2) is 47.4 Å². The zero-order chi connectivity index (χ0) is 22.4. The van der Waals surface area contributed by atoms with Crippen LogP contribution < -0.4 is 4.74 Å². The summed E-state index contributed by atoms with van der Waals surface area (Å²) in [7, 11) is -2.62. The Morgan fingerprint density at radius 3 is 2.77 bits per heavy atom. The van der Waals surface area contributed by atoms with Gasteiger partial charge in [0.25, 0.3) is 10.1 Å². The summed E-state index contributed by atoms with van der Waals surface area (Å²) < 4.78 is 38.3. The Morgan fingerprint density at radius 2 is 2.06 bits per heavy atom. The molecule has 0 saturated carbocycles. The van der Waals surface area contributed by atoms with Gasteiger partial charge in [-0.1, -0.05) is 36.2 Å². The van der Waals surface area contributed by atoms with E-state index in [0.29, 0.717) is 12.0 Å². The van der Waals surface area contributed by atoms with Crippen molar-refractivity contribution in [3.8, 4) is 11.8 Å². The lowest BCUT2D eigenvalue weighted by Crippen LogP contribution is -2.41. The molecule has 31 heavy (non-hydrogen) atoms. The first-order valence-corrected chi connectivity index (χ1v) is 12.1. The van der Waals surface area contributed by atoms with Crippen LogP contribution in [0.5, 0.6) is 5.75 Å². The molecule has 1 heterocycles. The van der Waals surface area contributed by atoms with Crippen LogP contribution >= 0.6 is 0 Å². The molecule has 2 unspecified atom stereocenters. The minimum atomic E-state index is -4.24. The number of hydrogen-bond donors (Lipinski definition) is 1. The number of aryl methyl sites for hydroxylation is 2. The quantitative estimate of drug-likeness (QED) is 0.596. The lowest BCUT2D eigenvalue weighted by molar-refractivity contribution is 0.111. The summed E-state index contributed by atoms with van der Waals surface area (Å²) >= 11 is 0. The van der Waals surface area contributed by atoms with Gasteiger partial charge in [0.1, 0.15) is 11.8 Å². The molecule has 0 radical (unpaired) electrons. The monoisotopic (exact) mass is 442 g/mol. The first-order chi connectivity index (χ1) is 14.8. The molecule has 0 aromatic heterocycles. The van der Waals surface area contributed by atoms with E-state index in [9.17, 15) is 18.2 Å². The average molecular weight is 443 g/mol. The molecule has 166 valence electrons. The van der Waals surface area contributed by atoms with E-state index in [0.717, 1.165) is 55.5 Å². The molecular weight excluding hydrogens is 412 g/mol. The fourth-order valence-electron chi connectivity index (χ4n) is 4.51. The Kier molecular flexibility index (Phi) is 7.71. The molecule has 0 bridgehead atoms. The summed E-state index contributed by atoms with van der Waals surface area (Å²) in [6, 6.07) is 15.1. The molecule has 0 amide bonds. The number of hydrogen-bond acceptors (Lipinski definition) is 5. The van der Waals surface area contributed by atoms with Crippen LogP contribution in [-0.2, 0) is 16.5 Å². The maximum Gasteiger partial charge on any atom is 0.294 e. The first kappa shape index (κ1) is 23.3. The molecule has 1 N–H and O–H groups in total. The van der Waals surface area contributed by atoms with E-state index in [-0.39, 0.29) is 17.0 Å². The maximum atomic E-state index is 11.7. The van der Waals surface area contributed by atoms with E-state index >= 15 is 0 Å². The standard InChI is InChI=1S/C24H30N2O4S/c1-18-12-13-24(31(27,28)29)20(15-18)8-5-10-21-9-3-4-14-26(21)23(17-25)19-7-6-11-22(16-19)30-2/h6-7,11-13,15-16,21,23H,3-5,8-10,14H2,1-2H3,(H,27,28,29). The van der Waals surface area contributed by atoms with Crippen LogP contribution in [-0.4, -0.2) is 37.6 Å². The van der Waals surface area contributed by atoms with Crippen molar-refractivity contribution in [2.45, 2.75) is 62.4 Å². The van der Waals surface area contributed by atoms with Crippen molar-refractivity contribution in [2.24, 2.45) is 0 Å². The van der Waals surface area contributed by atoms with E-state index in [1.54, 1.807) is 13.2 Å². The SMILES string of the molecule is COc1cccc(C(C#N)N2CCCCC2CCCc2cc(C)ccc2S(=O)(=O)O)c1. The Balaban J connectivity index is 1.73. The number of benzene rings is 2. The lowest BCUT2D eigenvalue weighted by atomic mass is 9.92. The summed E-state index contributed by atoms with van der Waals surface area (Å²) in [6.45, 7) is 2.77.